The lowest BCUT2D eigenvalue weighted by Gasteiger charge is -2.26. The van der Waals surface area contributed by atoms with Crippen molar-refractivity contribution in [2.75, 3.05) is 26.4 Å². The Morgan fingerprint density at radius 1 is 0.704 bits per heavy atom. The van der Waals surface area contributed by atoms with Crippen molar-refractivity contribution < 1.29 is 28.5 Å². The number of ether oxygens (including phenoxy) is 4. The first-order chi connectivity index (χ1) is 12.8. The molecule has 0 rings (SSSR count). The van der Waals surface area contributed by atoms with Gasteiger partial charge in [0.05, 0.1) is 25.0 Å². The molecule has 160 valence electrons. The van der Waals surface area contributed by atoms with E-state index in [0.29, 0.717) is 0 Å². The van der Waals surface area contributed by atoms with Crippen LogP contribution in [0.25, 0.3) is 0 Å². The van der Waals surface area contributed by atoms with E-state index in [-0.39, 0.29) is 50.2 Å². The Kier molecular flexibility index (Phi) is 14.2. The van der Waals surface area contributed by atoms with Crippen LogP contribution >= 0.6 is 0 Å². The maximum atomic E-state index is 11.9. The van der Waals surface area contributed by atoms with Crippen LogP contribution in [0, 0.1) is 11.8 Å². The van der Waals surface area contributed by atoms with Crippen LogP contribution in [0.1, 0.15) is 80.1 Å². The van der Waals surface area contributed by atoms with Crippen molar-refractivity contribution in [3.05, 3.63) is 0 Å². The summed E-state index contributed by atoms with van der Waals surface area (Å²) in [4.78, 5) is 23.9. The van der Waals surface area contributed by atoms with E-state index >= 15 is 0 Å². The third-order valence-corrected chi connectivity index (χ3v) is 4.48. The minimum atomic E-state index is -0.833. The Morgan fingerprint density at radius 3 is 1.37 bits per heavy atom. The lowest BCUT2D eigenvalue weighted by Crippen LogP contribution is -2.32. The lowest BCUT2D eigenvalue weighted by atomic mass is 10.0. The molecule has 6 nitrogen and oxygen atoms in total. The number of carbonyl (C=O) groups is 2. The molecule has 27 heavy (non-hydrogen) atoms. The lowest BCUT2D eigenvalue weighted by molar-refractivity contribution is -0.224. The van der Waals surface area contributed by atoms with Crippen molar-refractivity contribution in [2.24, 2.45) is 11.8 Å². The highest BCUT2D eigenvalue weighted by molar-refractivity contribution is 5.72. The van der Waals surface area contributed by atoms with Gasteiger partial charge in [-0.15, -0.1) is 0 Å². The zero-order chi connectivity index (χ0) is 20.7. The van der Waals surface area contributed by atoms with Crippen molar-refractivity contribution in [1.82, 2.24) is 0 Å². The van der Waals surface area contributed by atoms with Gasteiger partial charge in [0.2, 0.25) is 0 Å². The Morgan fingerprint density at radius 2 is 1.07 bits per heavy atom. The van der Waals surface area contributed by atoms with Crippen molar-refractivity contribution >= 4 is 11.9 Å². The molecular formula is C21H40O6. The van der Waals surface area contributed by atoms with E-state index < -0.39 is 5.79 Å². The van der Waals surface area contributed by atoms with Gasteiger partial charge in [-0.3, -0.25) is 9.59 Å². The van der Waals surface area contributed by atoms with Crippen LogP contribution in [0.4, 0.5) is 0 Å². The summed E-state index contributed by atoms with van der Waals surface area (Å²) < 4.78 is 21.8. The van der Waals surface area contributed by atoms with Crippen LogP contribution in [-0.4, -0.2) is 44.2 Å². The molecule has 0 fully saturated rings. The highest BCUT2D eigenvalue weighted by Gasteiger charge is 2.21. The molecule has 0 aromatic rings. The molecule has 0 aromatic carbocycles. The van der Waals surface area contributed by atoms with Crippen molar-refractivity contribution in [3.8, 4) is 0 Å². The van der Waals surface area contributed by atoms with E-state index in [9.17, 15) is 9.59 Å². The van der Waals surface area contributed by atoms with Crippen LogP contribution in [0.2, 0.25) is 0 Å². The normalized spacial score (nSPS) is 13.9. The van der Waals surface area contributed by atoms with E-state index in [4.69, 9.17) is 18.9 Å². The SMILES string of the molecule is CCCC(CC)C(=O)OCCOC(C)(C)OCCOC(=O)C(CC)CCC. The monoisotopic (exact) mass is 388 g/mol. The van der Waals surface area contributed by atoms with Gasteiger partial charge in [0.1, 0.15) is 13.2 Å². The molecule has 0 amide bonds. The van der Waals surface area contributed by atoms with Crippen LogP contribution in [-0.2, 0) is 28.5 Å². The smallest absolute Gasteiger partial charge is 0.308 e. The first-order valence-corrected chi connectivity index (χ1v) is 10.4. The molecule has 0 radical (unpaired) electrons. The first kappa shape index (κ1) is 25.9. The summed E-state index contributed by atoms with van der Waals surface area (Å²) >= 11 is 0. The predicted molar refractivity (Wildman–Crippen MR) is 105 cm³/mol. The molecule has 0 aromatic heterocycles. The molecule has 0 saturated heterocycles. The molecule has 0 spiro atoms. The van der Waals surface area contributed by atoms with E-state index in [1.54, 1.807) is 13.8 Å². The molecule has 0 bridgehead atoms. The second-order valence-corrected chi connectivity index (χ2v) is 7.22. The summed E-state index contributed by atoms with van der Waals surface area (Å²) in [5, 5.41) is 0. The fraction of sp³-hybridized carbons (Fsp3) is 0.905. The number of rotatable bonds is 16. The summed E-state index contributed by atoms with van der Waals surface area (Å²) in [6.07, 6.45) is 5.21. The molecule has 6 heteroatoms. The van der Waals surface area contributed by atoms with Gasteiger partial charge >= 0.3 is 11.9 Å². The third kappa shape index (κ3) is 12.0. The fourth-order valence-electron chi connectivity index (χ4n) is 2.81. The molecule has 0 saturated carbocycles. The van der Waals surface area contributed by atoms with E-state index in [0.717, 1.165) is 38.5 Å². The largest absolute Gasteiger partial charge is 0.463 e. The highest BCUT2D eigenvalue weighted by Crippen LogP contribution is 2.15. The number of esters is 2. The standard InChI is InChI=1S/C21H40O6/c1-7-11-17(9-3)19(22)24-13-15-26-21(5,6)27-16-14-25-20(23)18(10-4)12-8-2/h17-18H,7-16H2,1-6H3. The molecule has 0 aliphatic heterocycles. The summed E-state index contributed by atoms with van der Waals surface area (Å²) in [6, 6.07) is 0. The Balaban J connectivity index is 3.97. The molecular weight excluding hydrogens is 348 g/mol. The number of carbonyl (C=O) groups excluding carboxylic acids is 2. The van der Waals surface area contributed by atoms with Crippen LogP contribution in [0.3, 0.4) is 0 Å². The van der Waals surface area contributed by atoms with Gasteiger partial charge in [0.25, 0.3) is 0 Å². The quantitative estimate of drug-likeness (QED) is 0.220. The molecule has 0 N–H and O–H groups in total. The Hall–Kier alpha value is -1.14. The second-order valence-electron chi connectivity index (χ2n) is 7.22. The van der Waals surface area contributed by atoms with Crippen molar-refractivity contribution in [1.29, 1.82) is 0 Å². The number of hydrogen-bond donors (Lipinski definition) is 0. The summed E-state index contributed by atoms with van der Waals surface area (Å²) in [5.41, 5.74) is 0. The average Bonchev–Trinajstić information content (AvgIpc) is 2.64. The van der Waals surface area contributed by atoms with E-state index in [1.165, 1.54) is 0 Å². The second kappa shape index (κ2) is 14.9. The van der Waals surface area contributed by atoms with Gasteiger partial charge in [-0.1, -0.05) is 40.5 Å². The summed E-state index contributed by atoms with van der Waals surface area (Å²) in [5.74, 6) is -1.22. The zero-order valence-electron chi connectivity index (χ0n) is 18.2. The van der Waals surface area contributed by atoms with Gasteiger partial charge < -0.3 is 18.9 Å². The molecule has 2 unspecified atom stereocenters. The maximum absolute atomic E-state index is 11.9. The van der Waals surface area contributed by atoms with Gasteiger partial charge in [-0.2, -0.15) is 0 Å². The van der Waals surface area contributed by atoms with Gasteiger partial charge in [0, 0.05) is 0 Å². The molecule has 0 aliphatic rings. The minimum absolute atomic E-state index is 0.0337. The van der Waals surface area contributed by atoms with Crippen LogP contribution < -0.4 is 0 Å². The van der Waals surface area contributed by atoms with Crippen LogP contribution in [0.15, 0.2) is 0 Å². The third-order valence-electron chi connectivity index (χ3n) is 4.48. The Bertz CT molecular complexity index is 371. The minimum Gasteiger partial charge on any atom is -0.463 e. The van der Waals surface area contributed by atoms with E-state index in [1.807, 2.05) is 13.8 Å². The van der Waals surface area contributed by atoms with Crippen molar-refractivity contribution in [2.45, 2.75) is 85.9 Å². The predicted octanol–water partition coefficient (Wildman–Crippen LogP) is 4.49. The summed E-state index contributed by atoms with van der Waals surface area (Å²) in [7, 11) is 0. The van der Waals surface area contributed by atoms with Crippen LogP contribution in [0.5, 0.6) is 0 Å². The first-order valence-electron chi connectivity index (χ1n) is 10.4. The molecule has 2 atom stereocenters. The molecule has 0 heterocycles. The average molecular weight is 389 g/mol. The summed E-state index contributed by atoms with van der Waals surface area (Å²) in [6.45, 7) is 12.6. The fourth-order valence-corrected chi connectivity index (χ4v) is 2.81. The topological polar surface area (TPSA) is 71.1 Å². The number of hydrogen-bond acceptors (Lipinski definition) is 6. The molecule has 0 aliphatic carbocycles. The van der Waals surface area contributed by atoms with Gasteiger partial charge in [0.15, 0.2) is 5.79 Å². The maximum Gasteiger partial charge on any atom is 0.308 e. The van der Waals surface area contributed by atoms with E-state index in [2.05, 4.69) is 13.8 Å². The Labute approximate surface area is 165 Å². The van der Waals surface area contributed by atoms with Crippen molar-refractivity contribution in [3.63, 3.8) is 0 Å². The van der Waals surface area contributed by atoms with Gasteiger partial charge in [-0.25, -0.2) is 0 Å². The highest BCUT2D eigenvalue weighted by atomic mass is 16.7. The van der Waals surface area contributed by atoms with Gasteiger partial charge in [-0.05, 0) is 39.5 Å². The zero-order valence-corrected chi connectivity index (χ0v) is 18.2.